The molecule has 5 nitrogen and oxygen atoms in total. The molecule has 0 aliphatic heterocycles. The number of carbonyl (C=O) groups excluding carboxylic acids is 1. The lowest BCUT2D eigenvalue weighted by molar-refractivity contribution is -0.142. The van der Waals surface area contributed by atoms with Gasteiger partial charge in [0, 0.05) is 17.7 Å². The zero-order chi connectivity index (χ0) is 19.9. The standard InChI is InChI=1S/C17H13Cl2F3N4O/c1-8(2)23-16(27)13-7-15-24-12(9-3-4-10(18)11(19)5-9)6-14(17(20,21)22)26(15)25-13/h3-8H,1-2H3,(H,23,27). The van der Waals surface area contributed by atoms with Crippen molar-refractivity contribution in [3.8, 4) is 11.3 Å². The molecule has 3 rings (SSSR count). The quantitative estimate of drug-likeness (QED) is 0.662. The van der Waals surface area contributed by atoms with E-state index in [-0.39, 0.29) is 33.1 Å². The maximum Gasteiger partial charge on any atom is 0.433 e. The first-order valence-electron chi connectivity index (χ1n) is 7.80. The number of alkyl halides is 3. The number of halogens is 5. The number of hydrogen-bond acceptors (Lipinski definition) is 3. The van der Waals surface area contributed by atoms with E-state index in [0.717, 1.165) is 6.07 Å². The second-order valence-electron chi connectivity index (χ2n) is 6.08. The Balaban J connectivity index is 2.19. The number of aromatic nitrogens is 3. The minimum absolute atomic E-state index is 0.0316. The molecule has 0 unspecified atom stereocenters. The fraction of sp³-hybridized carbons (Fsp3) is 0.235. The van der Waals surface area contributed by atoms with Crippen molar-refractivity contribution >= 4 is 34.8 Å². The molecule has 0 saturated heterocycles. The molecule has 1 aromatic carbocycles. The average Bonchev–Trinajstić information content (AvgIpc) is 2.99. The summed E-state index contributed by atoms with van der Waals surface area (Å²) >= 11 is 11.8. The molecule has 0 aliphatic rings. The minimum Gasteiger partial charge on any atom is -0.348 e. The number of hydrogen-bond donors (Lipinski definition) is 1. The Labute approximate surface area is 162 Å². The summed E-state index contributed by atoms with van der Waals surface area (Å²) < 4.78 is 41.2. The van der Waals surface area contributed by atoms with Gasteiger partial charge in [0.25, 0.3) is 5.91 Å². The van der Waals surface area contributed by atoms with Gasteiger partial charge in [-0.2, -0.15) is 18.3 Å². The van der Waals surface area contributed by atoms with E-state index in [1.807, 2.05) is 0 Å². The van der Waals surface area contributed by atoms with Crippen LogP contribution in [0.3, 0.4) is 0 Å². The molecule has 142 valence electrons. The summed E-state index contributed by atoms with van der Waals surface area (Å²) in [5, 5.41) is 6.82. The first-order valence-corrected chi connectivity index (χ1v) is 8.56. The predicted octanol–water partition coefficient (Wildman–Crippen LogP) is 4.86. The molecule has 1 amide bonds. The van der Waals surface area contributed by atoms with Crippen LogP contribution < -0.4 is 5.32 Å². The third-order valence-electron chi connectivity index (χ3n) is 3.59. The molecule has 27 heavy (non-hydrogen) atoms. The Bertz CT molecular complexity index is 1030. The molecule has 2 aromatic heterocycles. The van der Waals surface area contributed by atoms with E-state index in [1.54, 1.807) is 13.8 Å². The van der Waals surface area contributed by atoms with Crippen LogP contribution in [0.25, 0.3) is 16.9 Å². The Morgan fingerprint density at radius 1 is 1.15 bits per heavy atom. The van der Waals surface area contributed by atoms with Gasteiger partial charge in [-0.15, -0.1) is 0 Å². The highest BCUT2D eigenvalue weighted by molar-refractivity contribution is 6.42. The van der Waals surface area contributed by atoms with Crippen LogP contribution in [-0.4, -0.2) is 26.5 Å². The summed E-state index contributed by atoms with van der Waals surface area (Å²) in [6.07, 6.45) is -4.70. The maximum atomic E-state index is 13.5. The second-order valence-corrected chi connectivity index (χ2v) is 6.90. The van der Waals surface area contributed by atoms with Crippen molar-refractivity contribution in [2.75, 3.05) is 0 Å². The van der Waals surface area contributed by atoms with Gasteiger partial charge in [-0.25, -0.2) is 9.50 Å². The SMILES string of the molecule is CC(C)NC(=O)c1cc2nc(-c3ccc(Cl)c(Cl)c3)cc(C(F)(F)F)n2n1. The summed E-state index contributed by atoms with van der Waals surface area (Å²) in [5.41, 5.74) is -0.944. The molecule has 0 saturated carbocycles. The third kappa shape index (κ3) is 4.01. The van der Waals surface area contributed by atoms with Crippen molar-refractivity contribution in [2.45, 2.75) is 26.1 Å². The van der Waals surface area contributed by atoms with E-state index in [9.17, 15) is 18.0 Å². The van der Waals surface area contributed by atoms with Crippen molar-refractivity contribution in [2.24, 2.45) is 0 Å². The van der Waals surface area contributed by atoms with Crippen molar-refractivity contribution in [3.05, 3.63) is 51.8 Å². The highest BCUT2D eigenvalue weighted by atomic mass is 35.5. The average molecular weight is 417 g/mol. The van der Waals surface area contributed by atoms with Crippen LogP contribution in [0.1, 0.15) is 30.0 Å². The van der Waals surface area contributed by atoms with Crippen LogP contribution in [-0.2, 0) is 6.18 Å². The number of rotatable bonds is 3. The van der Waals surface area contributed by atoms with Crippen molar-refractivity contribution in [1.29, 1.82) is 0 Å². The van der Waals surface area contributed by atoms with E-state index >= 15 is 0 Å². The summed E-state index contributed by atoms with van der Waals surface area (Å²) in [6, 6.07) is 6.26. The van der Waals surface area contributed by atoms with Gasteiger partial charge in [0.2, 0.25) is 0 Å². The monoisotopic (exact) mass is 416 g/mol. The number of fused-ring (bicyclic) bond motifs is 1. The Hall–Kier alpha value is -2.32. The summed E-state index contributed by atoms with van der Waals surface area (Å²) in [5.74, 6) is -0.584. The molecule has 3 aromatic rings. The zero-order valence-electron chi connectivity index (χ0n) is 14.1. The largest absolute Gasteiger partial charge is 0.433 e. The van der Waals surface area contributed by atoms with Crippen molar-refractivity contribution in [3.63, 3.8) is 0 Å². The van der Waals surface area contributed by atoms with Crippen LogP contribution >= 0.6 is 23.2 Å². The van der Waals surface area contributed by atoms with Crippen LogP contribution in [0.5, 0.6) is 0 Å². The highest BCUT2D eigenvalue weighted by Crippen LogP contribution is 2.34. The number of amides is 1. The highest BCUT2D eigenvalue weighted by Gasteiger charge is 2.35. The van der Waals surface area contributed by atoms with E-state index < -0.39 is 17.8 Å². The fourth-order valence-electron chi connectivity index (χ4n) is 2.43. The topological polar surface area (TPSA) is 59.3 Å². The number of carbonyl (C=O) groups is 1. The fourth-order valence-corrected chi connectivity index (χ4v) is 2.72. The van der Waals surface area contributed by atoms with Crippen molar-refractivity contribution in [1.82, 2.24) is 19.9 Å². The molecule has 0 spiro atoms. The van der Waals surface area contributed by atoms with Crippen LogP contribution in [0.15, 0.2) is 30.3 Å². The molecule has 0 radical (unpaired) electrons. The maximum absolute atomic E-state index is 13.5. The van der Waals surface area contributed by atoms with Gasteiger partial charge in [0.1, 0.15) is 0 Å². The molecule has 0 bridgehead atoms. The Kier molecular flexibility index (Phi) is 5.05. The first kappa shape index (κ1) is 19.4. The van der Waals surface area contributed by atoms with E-state index in [1.165, 1.54) is 24.3 Å². The predicted molar refractivity (Wildman–Crippen MR) is 96.0 cm³/mol. The molecule has 0 atom stereocenters. The van der Waals surface area contributed by atoms with Gasteiger partial charge in [-0.1, -0.05) is 29.3 Å². The Morgan fingerprint density at radius 2 is 1.85 bits per heavy atom. The number of nitrogens with one attached hydrogen (secondary N) is 1. The van der Waals surface area contributed by atoms with Crippen molar-refractivity contribution < 1.29 is 18.0 Å². The van der Waals surface area contributed by atoms with Gasteiger partial charge in [0.05, 0.1) is 15.7 Å². The van der Waals surface area contributed by atoms with Gasteiger partial charge in [-0.3, -0.25) is 4.79 Å². The molecule has 10 heteroatoms. The summed E-state index contributed by atoms with van der Waals surface area (Å²) in [7, 11) is 0. The lowest BCUT2D eigenvalue weighted by Crippen LogP contribution is -2.30. The summed E-state index contributed by atoms with van der Waals surface area (Å²) in [4.78, 5) is 16.3. The second kappa shape index (κ2) is 7.01. The number of nitrogens with zero attached hydrogens (tertiary/aromatic N) is 3. The molecular weight excluding hydrogens is 404 g/mol. The van der Waals surface area contributed by atoms with Crippen LogP contribution in [0, 0.1) is 0 Å². The molecule has 2 heterocycles. The minimum atomic E-state index is -4.70. The smallest absolute Gasteiger partial charge is 0.348 e. The molecule has 1 N–H and O–H groups in total. The number of benzene rings is 1. The molecular formula is C17H13Cl2F3N4O. The summed E-state index contributed by atoms with van der Waals surface area (Å²) in [6.45, 7) is 3.46. The zero-order valence-corrected chi connectivity index (χ0v) is 15.6. The normalized spacial score (nSPS) is 12.0. The molecule has 0 aliphatic carbocycles. The van der Waals surface area contributed by atoms with Crippen LogP contribution in [0.2, 0.25) is 10.0 Å². The lowest BCUT2D eigenvalue weighted by Gasteiger charge is -2.11. The van der Waals surface area contributed by atoms with E-state index in [4.69, 9.17) is 23.2 Å². The van der Waals surface area contributed by atoms with Crippen LogP contribution in [0.4, 0.5) is 13.2 Å². The van der Waals surface area contributed by atoms with Gasteiger partial charge < -0.3 is 5.32 Å². The van der Waals surface area contributed by atoms with E-state index in [2.05, 4.69) is 15.4 Å². The van der Waals surface area contributed by atoms with Gasteiger partial charge in [-0.05, 0) is 32.0 Å². The molecule has 0 fully saturated rings. The van der Waals surface area contributed by atoms with Gasteiger partial charge in [0.15, 0.2) is 17.0 Å². The third-order valence-corrected chi connectivity index (χ3v) is 4.32. The van der Waals surface area contributed by atoms with Gasteiger partial charge >= 0.3 is 6.18 Å². The first-order chi connectivity index (χ1) is 12.6. The Morgan fingerprint density at radius 3 is 2.44 bits per heavy atom. The van der Waals surface area contributed by atoms with E-state index in [0.29, 0.717) is 10.1 Å². The lowest BCUT2D eigenvalue weighted by atomic mass is 10.1.